The lowest BCUT2D eigenvalue weighted by Crippen LogP contribution is -2.03. The van der Waals surface area contributed by atoms with E-state index >= 15 is 0 Å². The highest BCUT2D eigenvalue weighted by atomic mass is 16.5. The molecule has 0 aliphatic heterocycles. The highest BCUT2D eigenvalue weighted by Gasteiger charge is 2.27. The molecule has 4 aromatic rings. The molecule has 5 rings (SSSR count). The number of methoxy groups -OCH3 is 1. The van der Waals surface area contributed by atoms with Gasteiger partial charge in [0.25, 0.3) is 0 Å². The fourth-order valence-corrected chi connectivity index (χ4v) is 3.32. The first-order valence-corrected chi connectivity index (χ1v) is 10.0. The van der Waals surface area contributed by atoms with Gasteiger partial charge in [0.1, 0.15) is 17.3 Å². The average Bonchev–Trinajstić information content (AvgIpc) is 3.54. The lowest BCUT2D eigenvalue weighted by atomic mass is 10.1. The Morgan fingerprint density at radius 1 is 1.13 bits per heavy atom. The number of nitriles is 1. The molecule has 0 atom stereocenters. The highest BCUT2D eigenvalue weighted by molar-refractivity contribution is 5.92. The van der Waals surface area contributed by atoms with Gasteiger partial charge < -0.3 is 14.5 Å². The van der Waals surface area contributed by atoms with E-state index in [0.29, 0.717) is 35.9 Å². The third-order valence-electron chi connectivity index (χ3n) is 5.13. The Kier molecular flexibility index (Phi) is 4.84. The first-order chi connectivity index (χ1) is 15.2. The number of oxazole rings is 1. The SMILES string of the molecule is COc1ccc2c(Nc3ncc(C4CC4)o3)nc(Nc3ccc(CC#N)cc3)nc2c1. The van der Waals surface area contributed by atoms with Gasteiger partial charge in [-0.05, 0) is 42.7 Å². The van der Waals surface area contributed by atoms with Crippen molar-refractivity contribution in [2.45, 2.75) is 25.2 Å². The Hall–Kier alpha value is -4.12. The second-order valence-electron chi connectivity index (χ2n) is 7.40. The number of nitrogens with zero attached hydrogens (tertiary/aromatic N) is 4. The summed E-state index contributed by atoms with van der Waals surface area (Å²) in [4.78, 5) is 13.6. The van der Waals surface area contributed by atoms with Crippen molar-refractivity contribution in [2.24, 2.45) is 0 Å². The fraction of sp³-hybridized carbons (Fsp3) is 0.217. The Balaban J connectivity index is 1.48. The number of aromatic nitrogens is 3. The van der Waals surface area contributed by atoms with Gasteiger partial charge in [-0.3, -0.25) is 5.32 Å². The average molecular weight is 412 g/mol. The molecule has 2 aromatic heterocycles. The third-order valence-corrected chi connectivity index (χ3v) is 5.13. The molecule has 0 spiro atoms. The maximum Gasteiger partial charge on any atom is 0.300 e. The molecule has 8 nitrogen and oxygen atoms in total. The van der Waals surface area contributed by atoms with E-state index in [-0.39, 0.29) is 0 Å². The van der Waals surface area contributed by atoms with E-state index in [4.69, 9.17) is 14.4 Å². The van der Waals surface area contributed by atoms with Crippen molar-refractivity contribution in [3.05, 3.63) is 60.0 Å². The minimum absolute atomic E-state index is 0.375. The number of benzene rings is 2. The van der Waals surface area contributed by atoms with Gasteiger partial charge in [0.05, 0.1) is 31.3 Å². The molecule has 0 bridgehead atoms. The molecule has 154 valence electrons. The van der Waals surface area contributed by atoms with Crippen molar-refractivity contribution in [3.63, 3.8) is 0 Å². The van der Waals surface area contributed by atoms with Crippen LogP contribution in [0.2, 0.25) is 0 Å². The maximum atomic E-state index is 8.84. The van der Waals surface area contributed by atoms with Gasteiger partial charge in [-0.25, -0.2) is 9.97 Å². The predicted molar refractivity (Wildman–Crippen MR) is 117 cm³/mol. The zero-order valence-electron chi connectivity index (χ0n) is 16.9. The second-order valence-corrected chi connectivity index (χ2v) is 7.40. The van der Waals surface area contributed by atoms with Crippen LogP contribution in [-0.2, 0) is 6.42 Å². The number of nitrogens with one attached hydrogen (secondary N) is 2. The van der Waals surface area contributed by atoms with Crippen LogP contribution < -0.4 is 15.4 Å². The molecule has 2 N–H and O–H groups in total. The van der Waals surface area contributed by atoms with E-state index in [1.165, 1.54) is 0 Å². The quantitative estimate of drug-likeness (QED) is 0.434. The summed E-state index contributed by atoms with van der Waals surface area (Å²) >= 11 is 0. The summed E-state index contributed by atoms with van der Waals surface area (Å²) in [6.45, 7) is 0. The standard InChI is InChI=1S/C23H20N6O2/c1-30-17-8-9-18-19(12-17)27-22(26-16-6-2-14(3-7-16)10-11-24)28-21(18)29-23-25-13-20(31-23)15-4-5-15/h2-3,6-9,12-13,15H,4-5,10H2,1H3,(H2,25,26,27,28,29). The van der Waals surface area contributed by atoms with Crippen LogP contribution in [0.15, 0.2) is 53.1 Å². The lowest BCUT2D eigenvalue weighted by Gasteiger charge is -2.11. The first-order valence-electron chi connectivity index (χ1n) is 10.0. The van der Waals surface area contributed by atoms with E-state index in [9.17, 15) is 0 Å². The molecule has 1 aliphatic carbocycles. The maximum absolute atomic E-state index is 8.84. The number of hydrogen-bond acceptors (Lipinski definition) is 8. The molecule has 8 heteroatoms. The van der Waals surface area contributed by atoms with E-state index in [1.807, 2.05) is 42.5 Å². The van der Waals surface area contributed by atoms with Crippen molar-refractivity contribution >= 4 is 34.4 Å². The van der Waals surface area contributed by atoms with Crippen molar-refractivity contribution in [1.29, 1.82) is 5.26 Å². The molecule has 1 saturated carbocycles. The number of hydrogen-bond donors (Lipinski definition) is 2. The number of rotatable bonds is 7. The van der Waals surface area contributed by atoms with Gasteiger partial charge in [0.2, 0.25) is 5.95 Å². The van der Waals surface area contributed by atoms with Crippen molar-refractivity contribution < 1.29 is 9.15 Å². The van der Waals surface area contributed by atoms with Crippen LogP contribution in [0.1, 0.15) is 30.1 Å². The number of anilines is 4. The highest BCUT2D eigenvalue weighted by Crippen LogP contribution is 2.41. The Bertz CT molecular complexity index is 1270. The van der Waals surface area contributed by atoms with E-state index < -0.39 is 0 Å². The summed E-state index contributed by atoms with van der Waals surface area (Å²) in [5.74, 6) is 3.09. The summed E-state index contributed by atoms with van der Waals surface area (Å²) in [5, 5.41) is 16.1. The second kappa shape index (κ2) is 7.95. The number of fused-ring (bicyclic) bond motifs is 1. The van der Waals surface area contributed by atoms with Gasteiger partial charge >= 0.3 is 6.01 Å². The number of ether oxygens (including phenoxy) is 1. The van der Waals surface area contributed by atoms with Crippen LogP contribution in [-0.4, -0.2) is 22.1 Å². The summed E-state index contributed by atoms with van der Waals surface area (Å²) in [6, 6.07) is 15.8. The van der Waals surface area contributed by atoms with Crippen molar-refractivity contribution in [1.82, 2.24) is 15.0 Å². The molecular formula is C23H20N6O2. The molecule has 2 heterocycles. The molecule has 0 amide bonds. The topological polar surface area (TPSA) is 109 Å². The normalized spacial score (nSPS) is 13.0. The van der Waals surface area contributed by atoms with Gasteiger partial charge in [-0.1, -0.05) is 12.1 Å². The van der Waals surface area contributed by atoms with E-state index in [0.717, 1.165) is 40.8 Å². The van der Waals surface area contributed by atoms with Crippen LogP contribution >= 0.6 is 0 Å². The minimum Gasteiger partial charge on any atom is -0.497 e. The molecule has 0 saturated heterocycles. The van der Waals surface area contributed by atoms with Gasteiger partial charge in [-0.2, -0.15) is 10.2 Å². The van der Waals surface area contributed by atoms with Gasteiger partial charge in [-0.15, -0.1) is 0 Å². The fourth-order valence-electron chi connectivity index (χ4n) is 3.32. The molecule has 31 heavy (non-hydrogen) atoms. The minimum atomic E-state index is 0.375. The van der Waals surface area contributed by atoms with Crippen molar-refractivity contribution in [3.8, 4) is 11.8 Å². The van der Waals surface area contributed by atoms with Gasteiger partial charge in [0, 0.05) is 23.1 Å². The van der Waals surface area contributed by atoms with Crippen LogP contribution in [0.25, 0.3) is 10.9 Å². The van der Waals surface area contributed by atoms with Crippen molar-refractivity contribution in [2.75, 3.05) is 17.7 Å². The Labute approximate surface area is 178 Å². The zero-order chi connectivity index (χ0) is 21.2. The van der Waals surface area contributed by atoms with Crippen LogP contribution in [0, 0.1) is 11.3 Å². The molecule has 1 aliphatic rings. The predicted octanol–water partition coefficient (Wildman–Crippen LogP) is 5.06. The molecule has 0 radical (unpaired) electrons. The third kappa shape index (κ3) is 4.12. The van der Waals surface area contributed by atoms with E-state index in [1.54, 1.807) is 13.3 Å². The van der Waals surface area contributed by atoms with Gasteiger partial charge in [0.15, 0.2) is 0 Å². The summed E-state index contributed by atoms with van der Waals surface area (Å²) in [5.41, 5.74) is 2.49. The molecule has 2 aromatic carbocycles. The Morgan fingerprint density at radius 3 is 2.71 bits per heavy atom. The summed E-state index contributed by atoms with van der Waals surface area (Å²) in [7, 11) is 1.62. The molecule has 1 fully saturated rings. The first kappa shape index (κ1) is 18.9. The molecular weight excluding hydrogens is 392 g/mol. The lowest BCUT2D eigenvalue weighted by molar-refractivity contribution is 0.415. The summed E-state index contributed by atoms with van der Waals surface area (Å²) in [6.07, 6.45) is 4.44. The summed E-state index contributed by atoms with van der Waals surface area (Å²) < 4.78 is 11.2. The smallest absolute Gasteiger partial charge is 0.300 e. The largest absolute Gasteiger partial charge is 0.497 e. The zero-order valence-corrected chi connectivity index (χ0v) is 16.9. The van der Waals surface area contributed by atoms with Crippen LogP contribution in [0.4, 0.5) is 23.5 Å². The Morgan fingerprint density at radius 2 is 1.97 bits per heavy atom. The molecule has 0 unspecified atom stereocenters. The van der Waals surface area contributed by atoms with Crippen LogP contribution in [0.3, 0.4) is 0 Å². The van der Waals surface area contributed by atoms with Crippen LogP contribution in [0.5, 0.6) is 5.75 Å². The monoisotopic (exact) mass is 412 g/mol. The van der Waals surface area contributed by atoms with E-state index in [2.05, 4.69) is 31.7 Å².